The maximum atomic E-state index is 12.3. The molecule has 0 aromatic heterocycles. The maximum absolute atomic E-state index is 12.3. The quantitative estimate of drug-likeness (QED) is 0.579. The van der Waals surface area contributed by atoms with Gasteiger partial charge < -0.3 is 20.6 Å². The molecule has 1 saturated heterocycles. The van der Waals surface area contributed by atoms with Crippen molar-refractivity contribution >= 4 is 12.0 Å². The summed E-state index contributed by atoms with van der Waals surface area (Å²) in [4.78, 5) is 24.4. The number of ether oxygens (including phenoxy) is 1. The van der Waals surface area contributed by atoms with Gasteiger partial charge in [-0.3, -0.25) is 4.79 Å². The van der Waals surface area contributed by atoms with Crippen LogP contribution in [-0.2, 0) is 9.53 Å². The van der Waals surface area contributed by atoms with E-state index in [0.717, 1.165) is 25.7 Å². The van der Waals surface area contributed by atoms with Crippen LogP contribution in [0.25, 0.3) is 0 Å². The number of rotatable bonds is 7. The Morgan fingerprint density at radius 2 is 2.04 bits per heavy atom. The number of piperidine rings is 2. The van der Waals surface area contributed by atoms with Crippen LogP contribution in [0.3, 0.4) is 0 Å². The highest BCUT2D eigenvalue weighted by Gasteiger charge is 2.75. The first kappa shape index (κ1) is 21.1. The summed E-state index contributed by atoms with van der Waals surface area (Å²) in [7, 11) is 0. The van der Waals surface area contributed by atoms with E-state index in [1.807, 2.05) is 32.9 Å². The highest BCUT2D eigenvalue weighted by Crippen LogP contribution is 2.67. The van der Waals surface area contributed by atoms with Crippen molar-refractivity contribution in [1.82, 2.24) is 15.7 Å². The van der Waals surface area contributed by atoms with Crippen LogP contribution in [0.15, 0.2) is 12.2 Å². The highest BCUT2D eigenvalue weighted by atomic mass is 16.6. The molecule has 3 rings (SSSR count). The fraction of sp³-hybridized carbons (Fsp3) is 0.810. The van der Waals surface area contributed by atoms with E-state index in [0.29, 0.717) is 5.92 Å². The van der Waals surface area contributed by atoms with Gasteiger partial charge in [-0.15, -0.1) is 0 Å². The number of carbonyl (C=O) groups is 2. The standard InChI is InChI=1S/C21H35N3O4/c1-13(2)11-14(22-19(26)28-20(3,4)5)7-6-8-18(25)23-15-12-17-21(15)10-9-16(21)24(17)27/h6-7,13-17,27H,8-12H2,1-5H3,(H,22,26)(H,23,25)/b7-6+/t14-,15?,16?,17?,21?/m1/s1. The second-order valence-corrected chi connectivity index (χ2v) is 9.93. The van der Waals surface area contributed by atoms with Crippen molar-refractivity contribution in [3.05, 3.63) is 12.2 Å². The van der Waals surface area contributed by atoms with Crippen molar-refractivity contribution in [3.8, 4) is 0 Å². The molecule has 158 valence electrons. The highest BCUT2D eigenvalue weighted by molar-refractivity contribution is 5.78. The fourth-order valence-electron chi connectivity index (χ4n) is 4.94. The molecular weight excluding hydrogens is 358 g/mol. The third-order valence-corrected chi connectivity index (χ3v) is 6.27. The molecule has 28 heavy (non-hydrogen) atoms. The molecule has 0 aromatic carbocycles. The van der Waals surface area contributed by atoms with Gasteiger partial charge in [0.2, 0.25) is 5.91 Å². The molecule has 2 amide bonds. The van der Waals surface area contributed by atoms with Crippen LogP contribution in [0.4, 0.5) is 4.79 Å². The Labute approximate surface area is 167 Å². The number of hydrogen-bond acceptors (Lipinski definition) is 5. The van der Waals surface area contributed by atoms with E-state index in [4.69, 9.17) is 4.74 Å². The van der Waals surface area contributed by atoms with Crippen LogP contribution >= 0.6 is 0 Å². The summed E-state index contributed by atoms with van der Waals surface area (Å²) in [5, 5.41) is 17.3. The van der Waals surface area contributed by atoms with Gasteiger partial charge in [-0.05, 0) is 52.4 Å². The Morgan fingerprint density at radius 3 is 2.57 bits per heavy atom. The van der Waals surface area contributed by atoms with Crippen LogP contribution in [-0.4, -0.2) is 52.0 Å². The molecule has 0 radical (unpaired) electrons. The van der Waals surface area contributed by atoms with Crippen molar-refractivity contribution in [2.24, 2.45) is 11.3 Å². The molecule has 3 aliphatic rings. The van der Waals surface area contributed by atoms with E-state index < -0.39 is 11.7 Å². The van der Waals surface area contributed by atoms with Gasteiger partial charge in [-0.1, -0.05) is 26.0 Å². The normalized spacial score (nSPS) is 32.5. The molecule has 7 heteroatoms. The molecule has 1 aliphatic heterocycles. The largest absolute Gasteiger partial charge is 0.444 e. The van der Waals surface area contributed by atoms with Gasteiger partial charge in [0.15, 0.2) is 0 Å². The predicted octanol–water partition coefficient (Wildman–Crippen LogP) is 2.98. The summed E-state index contributed by atoms with van der Waals surface area (Å²) in [6.45, 7) is 9.68. The number of nitrogens with zero attached hydrogens (tertiary/aromatic N) is 1. The average molecular weight is 394 g/mol. The van der Waals surface area contributed by atoms with Gasteiger partial charge in [0, 0.05) is 30.0 Å². The van der Waals surface area contributed by atoms with Gasteiger partial charge in [0.05, 0.1) is 6.04 Å². The van der Waals surface area contributed by atoms with E-state index in [2.05, 4.69) is 24.5 Å². The summed E-state index contributed by atoms with van der Waals surface area (Å²) in [5.74, 6) is 0.400. The Balaban J connectivity index is 1.45. The second-order valence-electron chi connectivity index (χ2n) is 9.93. The summed E-state index contributed by atoms with van der Waals surface area (Å²) in [6, 6.07) is 0.493. The molecule has 1 spiro atoms. The number of alkyl carbamates (subject to hydrolysis) is 1. The lowest BCUT2D eigenvalue weighted by atomic mass is 9.41. The predicted molar refractivity (Wildman–Crippen MR) is 106 cm³/mol. The van der Waals surface area contributed by atoms with E-state index in [9.17, 15) is 14.8 Å². The van der Waals surface area contributed by atoms with Crippen LogP contribution in [0.5, 0.6) is 0 Å². The van der Waals surface area contributed by atoms with E-state index in [1.165, 1.54) is 5.06 Å². The molecule has 3 N–H and O–H groups in total. The smallest absolute Gasteiger partial charge is 0.408 e. The van der Waals surface area contributed by atoms with Gasteiger partial charge in [0.1, 0.15) is 5.60 Å². The first-order valence-corrected chi connectivity index (χ1v) is 10.5. The topological polar surface area (TPSA) is 90.9 Å². The lowest BCUT2D eigenvalue weighted by Gasteiger charge is -2.77. The number of nitrogens with one attached hydrogen (secondary N) is 2. The molecule has 7 nitrogen and oxygen atoms in total. The number of carbonyl (C=O) groups excluding carboxylic acids is 2. The number of hydrogen-bond donors (Lipinski definition) is 3. The fourth-order valence-corrected chi connectivity index (χ4v) is 4.94. The van der Waals surface area contributed by atoms with E-state index in [-0.39, 0.29) is 41.9 Å². The molecular formula is C21H35N3O4. The van der Waals surface area contributed by atoms with Crippen molar-refractivity contribution < 1.29 is 19.5 Å². The molecule has 3 fully saturated rings. The summed E-state index contributed by atoms with van der Waals surface area (Å²) in [6.07, 6.45) is 7.28. The first-order valence-electron chi connectivity index (χ1n) is 10.5. The summed E-state index contributed by atoms with van der Waals surface area (Å²) in [5.41, 5.74) is -0.409. The van der Waals surface area contributed by atoms with E-state index in [1.54, 1.807) is 0 Å². The number of amides is 2. The zero-order chi connectivity index (χ0) is 20.7. The SMILES string of the molecule is CC(C)C[C@@H](/C=C/CC(=O)NC1CC2N(O)C3CCC132)NC(=O)OC(C)(C)C. The maximum Gasteiger partial charge on any atom is 0.408 e. The molecule has 0 bridgehead atoms. The van der Waals surface area contributed by atoms with Gasteiger partial charge in [-0.2, -0.15) is 5.06 Å². The molecule has 2 saturated carbocycles. The number of hydroxylamine groups is 2. The summed E-state index contributed by atoms with van der Waals surface area (Å²) >= 11 is 0. The third kappa shape index (κ3) is 4.06. The minimum absolute atomic E-state index is 0.00307. The Hall–Kier alpha value is -1.60. The van der Waals surface area contributed by atoms with Crippen molar-refractivity contribution in [2.75, 3.05) is 0 Å². The lowest BCUT2D eigenvalue weighted by molar-refractivity contribution is -0.388. The molecule has 0 aromatic rings. The molecule has 5 atom stereocenters. The zero-order valence-corrected chi connectivity index (χ0v) is 17.7. The Bertz CT molecular complexity index is 634. The van der Waals surface area contributed by atoms with Gasteiger partial charge in [0.25, 0.3) is 0 Å². The third-order valence-electron chi connectivity index (χ3n) is 6.27. The van der Waals surface area contributed by atoms with Crippen LogP contribution in [0.1, 0.15) is 66.7 Å². The minimum Gasteiger partial charge on any atom is -0.444 e. The lowest BCUT2D eigenvalue weighted by Crippen LogP contribution is -2.88. The molecule has 2 aliphatic carbocycles. The van der Waals surface area contributed by atoms with Crippen molar-refractivity contribution in [1.29, 1.82) is 0 Å². The van der Waals surface area contributed by atoms with Gasteiger partial charge >= 0.3 is 6.09 Å². The average Bonchev–Trinajstić information content (AvgIpc) is 2.46. The van der Waals surface area contributed by atoms with Crippen LogP contribution in [0.2, 0.25) is 0 Å². The van der Waals surface area contributed by atoms with Crippen LogP contribution < -0.4 is 10.6 Å². The monoisotopic (exact) mass is 393 g/mol. The first-order chi connectivity index (χ1) is 13.0. The molecule has 1 heterocycles. The Morgan fingerprint density at radius 1 is 1.32 bits per heavy atom. The summed E-state index contributed by atoms with van der Waals surface area (Å²) < 4.78 is 5.33. The van der Waals surface area contributed by atoms with Crippen molar-refractivity contribution in [3.63, 3.8) is 0 Å². The van der Waals surface area contributed by atoms with Crippen LogP contribution in [0, 0.1) is 11.3 Å². The molecule has 4 unspecified atom stereocenters. The second kappa shape index (κ2) is 7.67. The Kier molecular flexibility index (Phi) is 5.79. The van der Waals surface area contributed by atoms with Gasteiger partial charge in [-0.25, -0.2) is 4.79 Å². The van der Waals surface area contributed by atoms with Crippen molar-refractivity contribution in [2.45, 2.75) is 96.5 Å². The zero-order valence-electron chi connectivity index (χ0n) is 17.7. The van der Waals surface area contributed by atoms with E-state index >= 15 is 0 Å². The minimum atomic E-state index is -0.541.